The van der Waals surface area contributed by atoms with Crippen LogP contribution in [0.3, 0.4) is 0 Å². The van der Waals surface area contributed by atoms with Gasteiger partial charge in [-0.15, -0.1) is 0 Å². The molecule has 1 atom stereocenters. The maximum absolute atomic E-state index is 11.0. The van der Waals surface area contributed by atoms with Crippen LogP contribution in [-0.2, 0) is 16.0 Å². The molecule has 0 aliphatic carbocycles. The predicted octanol–water partition coefficient (Wildman–Crippen LogP) is 3.26. The number of carbonyl (C=O) groups excluding carboxylic acids is 1. The first kappa shape index (κ1) is 15.3. The number of ether oxygens (including phenoxy) is 1. The zero-order chi connectivity index (χ0) is 15.1. The van der Waals surface area contributed by atoms with Crippen LogP contribution >= 0.6 is 0 Å². The van der Waals surface area contributed by atoms with E-state index < -0.39 is 6.10 Å². The Bertz CT molecular complexity index is 561. The van der Waals surface area contributed by atoms with E-state index in [1.165, 1.54) is 7.11 Å². The zero-order valence-corrected chi connectivity index (χ0v) is 12.2. The van der Waals surface area contributed by atoms with Gasteiger partial charge in [-0.1, -0.05) is 54.6 Å². The summed E-state index contributed by atoms with van der Waals surface area (Å²) < 4.78 is 4.62. The maximum atomic E-state index is 11.0. The summed E-state index contributed by atoms with van der Waals surface area (Å²) in [5, 5.41) is 10.3. The molecule has 0 saturated carbocycles. The minimum atomic E-state index is -0.602. The van der Waals surface area contributed by atoms with E-state index in [2.05, 4.69) is 4.74 Å². The quantitative estimate of drug-likeness (QED) is 0.828. The van der Waals surface area contributed by atoms with Crippen LogP contribution in [0, 0.1) is 0 Å². The lowest BCUT2D eigenvalue weighted by atomic mass is 9.99. The fraction of sp³-hybridized carbons (Fsp3) is 0.278. The molecular weight excluding hydrogens is 264 g/mol. The number of hydrogen-bond acceptors (Lipinski definition) is 3. The highest BCUT2D eigenvalue weighted by atomic mass is 16.5. The SMILES string of the molecule is COC(=O)CCCc1ccc(C(O)c2ccccc2)cc1. The molecule has 110 valence electrons. The first-order chi connectivity index (χ1) is 10.2. The Labute approximate surface area is 125 Å². The Morgan fingerprint density at radius 2 is 1.67 bits per heavy atom. The average molecular weight is 284 g/mol. The van der Waals surface area contributed by atoms with E-state index in [0.29, 0.717) is 6.42 Å². The zero-order valence-electron chi connectivity index (χ0n) is 12.2. The number of rotatable bonds is 6. The first-order valence-corrected chi connectivity index (χ1v) is 7.09. The Balaban J connectivity index is 1.94. The molecule has 2 aromatic carbocycles. The van der Waals surface area contributed by atoms with Crippen molar-refractivity contribution in [1.82, 2.24) is 0 Å². The van der Waals surface area contributed by atoms with Crippen LogP contribution in [0.5, 0.6) is 0 Å². The smallest absolute Gasteiger partial charge is 0.305 e. The molecule has 0 bridgehead atoms. The molecule has 0 radical (unpaired) electrons. The second-order valence-corrected chi connectivity index (χ2v) is 4.98. The van der Waals surface area contributed by atoms with Crippen LogP contribution in [-0.4, -0.2) is 18.2 Å². The summed E-state index contributed by atoms with van der Waals surface area (Å²) in [6.07, 6.45) is 1.44. The summed E-state index contributed by atoms with van der Waals surface area (Å²) in [7, 11) is 1.40. The monoisotopic (exact) mass is 284 g/mol. The summed E-state index contributed by atoms with van der Waals surface area (Å²) in [5.41, 5.74) is 2.91. The van der Waals surface area contributed by atoms with E-state index in [4.69, 9.17) is 0 Å². The van der Waals surface area contributed by atoms with Crippen molar-refractivity contribution in [1.29, 1.82) is 0 Å². The highest BCUT2D eigenvalue weighted by molar-refractivity contribution is 5.69. The third-order valence-electron chi connectivity index (χ3n) is 3.48. The van der Waals surface area contributed by atoms with Crippen molar-refractivity contribution in [3.63, 3.8) is 0 Å². The van der Waals surface area contributed by atoms with Gasteiger partial charge in [-0.2, -0.15) is 0 Å². The van der Waals surface area contributed by atoms with Crippen LogP contribution in [0.2, 0.25) is 0 Å². The van der Waals surface area contributed by atoms with Crippen molar-refractivity contribution < 1.29 is 14.6 Å². The molecule has 3 heteroatoms. The molecule has 1 unspecified atom stereocenters. The third-order valence-corrected chi connectivity index (χ3v) is 3.48. The van der Waals surface area contributed by atoms with E-state index in [1.807, 2.05) is 54.6 Å². The van der Waals surface area contributed by atoms with Crippen LogP contribution in [0.15, 0.2) is 54.6 Å². The molecule has 0 amide bonds. The number of hydrogen-bond donors (Lipinski definition) is 1. The lowest BCUT2D eigenvalue weighted by Gasteiger charge is -2.12. The Hall–Kier alpha value is -2.13. The molecule has 0 fully saturated rings. The van der Waals surface area contributed by atoms with Gasteiger partial charge in [0.2, 0.25) is 0 Å². The highest BCUT2D eigenvalue weighted by Crippen LogP contribution is 2.22. The molecule has 2 aromatic rings. The summed E-state index contributed by atoms with van der Waals surface area (Å²) in [6, 6.07) is 17.5. The Morgan fingerprint density at radius 3 is 2.29 bits per heavy atom. The highest BCUT2D eigenvalue weighted by Gasteiger charge is 2.09. The summed E-state index contributed by atoms with van der Waals surface area (Å²) >= 11 is 0. The van der Waals surface area contributed by atoms with E-state index in [-0.39, 0.29) is 5.97 Å². The maximum Gasteiger partial charge on any atom is 0.305 e. The lowest BCUT2D eigenvalue weighted by Crippen LogP contribution is -2.01. The van der Waals surface area contributed by atoms with Crippen molar-refractivity contribution in [2.75, 3.05) is 7.11 Å². The van der Waals surface area contributed by atoms with Gasteiger partial charge in [0.25, 0.3) is 0 Å². The van der Waals surface area contributed by atoms with Crippen molar-refractivity contribution in [3.05, 3.63) is 71.3 Å². The van der Waals surface area contributed by atoms with E-state index in [0.717, 1.165) is 29.5 Å². The third kappa shape index (κ3) is 4.43. The molecule has 2 rings (SSSR count). The van der Waals surface area contributed by atoms with Crippen LogP contribution in [0.25, 0.3) is 0 Å². The normalized spacial score (nSPS) is 11.9. The standard InChI is InChI=1S/C18H20O3/c1-21-17(19)9-5-6-14-10-12-16(13-11-14)18(20)15-7-3-2-4-8-15/h2-4,7-8,10-13,18,20H,5-6,9H2,1H3. The van der Waals surface area contributed by atoms with Gasteiger partial charge in [-0.25, -0.2) is 0 Å². The minimum absolute atomic E-state index is 0.175. The second-order valence-electron chi connectivity index (χ2n) is 4.98. The van der Waals surface area contributed by atoms with Crippen molar-refractivity contribution in [2.24, 2.45) is 0 Å². The first-order valence-electron chi connectivity index (χ1n) is 7.09. The minimum Gasteiger partial charge on any atom is -0.469 e. The molecule has 0 aromatic heterocycles. The number of esters is 1. The summed E-state index contributed by atoms with van der Waals surface area (Å²) in [5.74, 6) is -0.175. The van der Waals surface area contributed by atoms with Gasteiger partial charge in [0, 0.05) is 6.42 Å². The Morgan fingerprint density at radius 1 is 1.05 bits per heavy atom. The molecular formula is C18H20O3. The van der Waals surface area contributed by atoms with Gasteiger partial charge in [0.1, 0.15) is 6.10 Å². The van der Waals surface area contributed by atoms with E-state index in [1.54, 1.807) is 0 Å². The van der Waals surface area contributed by atoms with Crippen LogP contribution in [0.4, 0.5) is 0 Å². The number of aliphatic hydroxyl groups excluding tert-OH is 1. The van der Waals surface area contributed by atoms with Gasteiger partial charge in [0.05, 0.1) is 7.11 Å². The fourth-order valence-electron chi connectivity index (χ4n) is 2.23. The van der Waals surface area contributed by atoms with Gasteiger partial charge in [-0.05, 0) is 29.5 Å². The lowest BCUT2D eigenvalue weighted by molar-refractivity contribution is -0.140. The van der Waals surface area contributed by atoms with Crippen molar-refractivity contribution in [3.8, 4) is 0 Å². The summed E-state index contributed by atoms with van der Waals surface area (Å²) in [6.45, 7) is 0. The number of aryl methyl sites for hydroxylation is 1. The van der Waals surface area contributed by atoms with E-state index >= 15 is 0 Å². The summed E-state index contributed by atoms with van der Waals surface area (Å²) in [4.78, 5) is 11.0. The topological polar surface area (TPSA) is 46.5 Å². The number of aliphatic hydroxyl groups is 1. The fourth-order valence-corrected chi connectivity index (χ4v) is 2.23. The number of methoxy groups -OCH3 is 1. The molecule has 1 N–H and O–H groups in total. The molecule has 0 aliphatic heterocycles. The number of carbonyl (C=O) groups is 1. The van der Waals surface area contributed by atoms with Gasteiger partial charge >= 0.3 is 5.97 Å². The van der Waals surface area contributed by atoms with Crippen LogP contribution < -0.4 is 0 Å². The van der Waals surface area contributed by atoms with Gasteiger partial charge in [0.15, 0.2) is 0 Å². The average Bonchev–Trinajstić information content (AvgIpc) is 2.55. The molecule has 21 heavy (non-hydrogen) atoms. The molecule has 0 heterocycles. The number of benzene rings is 2. The molecule has 0 aliphatic rings. The van der Waals surface area contributed by atoms with Crippen molar-refractivity contribution in [2.45, 2.75) is 25.4 Å². The molecule has 0 spiro atoms. The van der Waals surface area contributed by atoms with Crippen LogP contribution in [0.1, 0.15) is 35.6 Å². The van der Waals surface area contributed by atoms with E-state index in [9.17, 15) is 9.90 Å². The van der Waals surface area contributed by atoms with Crippen molar-refractivity contribution >= 4 is 5.97 Å². The van der Waals surface area contributed by atoms with Gasteiger partial charge < -0.3 is 9.84 Å². The predicted molar refractivity (Wildman–Crippen MR) is 81.9 cm³/mol. The molecule has 0 saturated heterocycles. The second kappa shape index (κ2) is 7.60. The van der Waals surface area contributed by atoms with Gasteiger partial charge in [-0.3, -0.25) is 4.79 Å². The molecule has 3 nitrogen and oxygen atoms in total. The largest absolute Gasteiger partial charge is 0.469 e. The Kier molecular flexibility index (Phi) is 5.52.